The van der Waals surface area contributed by atoms with Crippen molar-refractivity contribution < 1.29 is 28.6 Å². The first-order valence-corrected chi connectivity index (χ1v) is 33.5. The number of ether oxygens (including phenoxy) is 3. The zero-order valence-electron chi connectivity index (χ0n) is 50.6. The fourth-order valence-electron chi connectivity index (χ4n) is 10.1. The van der Waals surface area contributed by atoms with E-state index in [4.69, 9.17) is 14.2 Å². The van der Waals surface area contributed by atoms with Crippen LogP contribution in [0, 0.1) is 0 Å². The van der Waals surface area contributed by atoms with Crippen molar-refractivity contribution in [2.24, 2.45) is 0 Å². The molecule has 0 bridgehead atoms. The molecule has 0 amide bonds. The highest BCUT2D eigenvalue weighted by Gasteiger charge is 2.19. The SMILES string of the molecule is CCCCC/C=C\C/C=C\CCCCCCCCCCCC(=O)OC[C@H](COC(=O)CCCCCCCCC/C=C\CCCCCCCC)OC(=O)CCCCCCCCCCCCCCCCCCCCCCC. The molecular weight excluding hydrogens is 925 g/mol. The van der Waals surface area contributed by atoms with E-state index in [1.807, 2.05) is 0 Å². The fourth-order valence-corrected chi connectivity index (χ4v) is 10.1. The van der Waals surface area contributed by atoms with Crippen molar-refractivity contribution in [1.29, 1.82) is 0 Å². The number of hydrogen-bond donors (Lipinski definition) is 0. The van der Waals surface area contributed by atoms with Crippen LogP contribution in [0.3, 0.4) is 0 Å². The maximum atomic E-state index is 12.9. The molecular formula is C69H128O6. The normalized spacial score (nSPS) is 12.2. The number of carbonyl (C=O) groups is 3. The van der Waals surface area contributed by atoms with Gasteiger partial charge >= 0.3 is 17.9 Å². The Kier molecular flexibility index (Phi) is 62.1. The molecule has 6 heteroatoms. The van der Waals surface area contributed by atoms with E-state index in [9.17, 15) is 14.4 Å². The average Bonchev–Trinajstić information content (AvgIpc) is 3.41. The maximum Gasteiger partial charge on any atom is 0.306 e. The Bertz CT molecular complexity index is 1250. The van der Waals surface area contributed by atoms with Crippen molar-refractivity contribution in [3.8, 4) is 0 Å². The Hall–Kier alpha value is -2.37. The van der Waals surface area contributed by atoms with Gasteiger partial charge in [0.1, 0.15) is 13.2 Å². The van der Waals surface area contributed by atoms with Crippen molar-refractivity contribution in [2.45, 2.75) is 374 Å². The van der Waals surface area contributed by atoms with Crippen LogP contribution in [0.5, 0.6) is 0 Å². The summed E-state index contributed by atoms with van der Waals surface area (Å²) in [5.41, 5.74) is 0. The van der Waals surface area contributed by atoms with Gasteiger partial charge in [0, 0.05) is 19.3 Å². The van der Waals surface area contributed by atoms with Crippen molar-refractivity contribution in [2.75, 3.05) is 13.2 Å². The predicted molar refractivity (Wildman–Crippen MR) is 326 cm³/mol. The molecule has 0 saturated carbocycles. The van der Waals surface area contributed by atoms with E-state index in [1.165, 1.54) is 263 Å². The summed E-state index contributed by atoms with van der Waals surface area (Å²) in [4.78, 5) is 38.4. The van der Waals surface area contributed by atoms with Crippen LogP contribution in [0.2, 0.25) is 0 Å². The van der Waals surface area contributed by atoms with E-state index >= 15 is 0 Å². The van der Waals surface area contributed by atoms with Crippen LogP contribution in [0.25, 0.3) is 0 Å². The minimum atomic E-state index is -0.774. The Morgan fingerprint density at radius 1 is 0.267 bits per heavy atom. The molecule has 0 aromatic rings. The lowest BCUT2D eigenvalue weighted by atomic mass is 10.0. The number of rotatable bonds is 62. The molecule has 0 rings (SSSR count). The lowest BCUT2D eigenvalue weighted by molar-refractivity contribution is -0.167. The molecule has 440 valence electrons. The molecule has 0 heterocycles. The predicted octanol–water partition coefficient (Wildman–Crippen LogP) is 22.8. The van der Waals surface area contributed by atoms with Gasteiger partial charge < -0.3 is 14.2 Å². The molecule has 75 heavy (non-hydrogen) atoms. The second-order valence-electron chi connectivity index (χ2n) is 22.7. The Morgan fingerprint density at radius 2 is 0.480 bits per heavy atom. The van der Waals surface area contributed by atoms with Crippen molar-refractivity contribution >= 4 is 17.9 Å². The van der Waals surface area contributed by atoms with Crippen LogP contribution in [0.1, 0.15) is 367 Å². The van der Waals surface area contributed by atoms with Gasteiger partial charge in [-0.1, -0.05) is 308 Å². The highest BCUT2D eigenvalue weighted by atomic mass is 16.6. The van der Waals surface area contributed by atoms with Crippen LogP contribution in [0.15, 0.2) is 36.5 Å². The first-order valence-electron chi connectivity index (χ1n) is 33.5. The second-order valence-corrected chi connectivity index (χ2v) is 22.7. The van der Waals surface area contributed by atoms with Gasteiger partial charge in [0.2, 0.25) is 0 Å². The third kappa shape index (κ3) is 62.4. The summed E-state index contributed by atoms with van der Waals surface area (Å²) in [5.74, 6) is -0.852. The minimum Gasteiger partial charge on any atom is -0.462 e. The van der Waals surface area contributed by atoms with Crippen molar-refractivity contribution in [3.05, 3.63) is 36.5 Å². The number of allylic oxidation sites excluding steroid dienone is 6. The lowest BCUT2D eigenvalue weighted by Gasteiger charge is -2.18. The summed E-state index contributed by atoms with van der Waals surface area (Å²) < 4.78 is 17.0. The van der Waals surface area contributed by atoms with E-state index in [0.29, 0.717) is 19.3 Å². The maximum absolute atomic E-state index is 12.9. The van der Waals surface area contributed by atoms with Gasteiger partial charge in [-0.3, -0.25) is 14.4 Å². The van der Waals surface area contributed by atoms with E-state index in [1.54, 1.807) is 0 Å². The van der Waals surface area contributed by atoms with Crippen LogP contribution in [-0.4, -0.2) is 37.2 Å². The smallest absolute Gasteiger partial charge is 0.306 e. The molecule has 0 aliphatic rings. The monoisotopic (exact) mass is 1050 g/mol. The Morgan fingerprint density at radius 3 is 0.773 bits per heavy atom. The largest absolute Gasteiger partial charge is 0.462 e. The van der Waals surface area contributed by atoms with E-state index < -0.39 is 6.10 Å². The Labute approximate surface area is 467 Å². The van der Waals surface area contributed by atoms with Gasteiger partial charge in [0.05, 0.1) is 0 Å². The number of unbranched alkanes of at least 4 members (excludes halogenated alkanes) is 45. The molecule has 6 nitrogen and oxygen atoms in total. The summed E-state index contributed by atoms with van der Waals surface area (Å²) in [6.07, 6.45) is 78.6. The molecule has 0 spiro atoms. The first kappa shape index (κ1) is 72.6. The van der Waals surface area contributed by atoms with Crippen LogP contribution in [-0.2, 0) is 28.6 Å². The highest BCUT2D eigenvalue weighted by Crippen LogP contribution is 2.18. The van der Waals surface area contributed by atoms with Crippen LogP contribution in [0.4, 0.5) is 0 Å². The summed E-state index contributed by atoms with van der Waals surface area (Å²) in [6.45, 7) is 6.67. The highest BCUT2D eigenvalue weighted by molar-refractivity contribution is 5.71. The van der Waals surface area contributed by atoms with E-state index in [-0.39, 0.29) is 31.1 Å². The lowest BCUT2D eigenvalue weighted by Crippen LogP contribution is -2.30. The summed E-state index contributed by atoms with van der Waals surface area (Å²) >= 11 is 0. The van der Waals surface area contributed by atoms with Gasteiger partial charge in [-0.15, -0.1) is 0 Å². The average molecular weight is 1050 g/mol. The molecule has 1 atom stereocenters. The third-order valence-electron chi connectivity index (χ3n) is 15.1. The molecule has 0 radical (unpaired) electrons. The molecule has 0 aliphatic heterocycles. The quantitative estimate of drug-likeness (QED) is 0.0261. The molecule has 0 unspecified atom stereocenters. The molecule has 0 aromatic carbocycles. The van der Waals surface area contributed by atoms with Crippen LogP contribution < -0.4 is 0 Å². The molecule has 0 N–H and O–H groups in total. The number of hydrogen-bond acceptors (Lipinski definition) is 6. The fraction of sp³-hybridized carbons (Fsp3) is 0.870. The van der Waals surface area contributed by atoms with E-state index in [0.717, 1.165) is 64.2 Å². The first-order chi connectivity index (χ1) is 37.0. The number of esters is 3. The minimum absolute atomic E-state index is 0.0713. The summed E-state index contributed by atoms with van der Waals surface area (Å²) in [7, 11) is 0. The Balaban J connectivity index is 4.33. The molecule has 0 saturated heterocycles. The van der Waals surface area contributed by atoms with Gasteiger partial charge in [-0.05, 0) is 77.0 Å². The summed E-state index contributed by atoms with van der Waals surface area (Å²) in [5, 5.41) is 0. The zero-order chi connectivity index (χ0) is 54.3. The second kappa shape index (κ2) is 64.2. The molecule has 0 aliphatic carbocycles. The van der Waals surface area contributed by atoms with Crippen LogP contribution >= 0.6 is 0 Å². The van der Waals surface area contributed by atoms with Gasteiger partial charge in [0.15, 0.2) is 6.10 Å². The van der Waals surface area contributed by atoms with E-state index in [2.05, 4.69) is 57.2 Å². The van der Waals surface area contributed by atoms with Gasteiger partial charge in [0.25, 0.3) is 0 Å². The standard InChI is InChI=1S/C69H128O6/c1-4-7-10-13-16-19-22-25-28-31-33-34-36-39-42-45-48-51-54-57-60-63-69(72)75-66(64-73-67(70)61-58-55-52-49-46-43-40-37-30-27-24-21-18-15-12-9-6-3)65-74-68(71)62-59-56-53-50-47-44-41-38-35-32-29-26-23-20-17-14-11-8-5-2/h17,20,26-27,29-30,66H,4-16,18-19,21-25,28,31-65H2,1-3H3/b20-17-,29-26-,30-27-/t66-/m0/s1. The molecule has 0 fully saturated rings. The van der Waals surface area contributed by atoms with Crippen molar-refractivity contribution in [3.63, 3.8) is 0 Å². The third-order valence-corrected chi connectivity index (χ3v) is 15.1. The van der Waals surface area contributed by atoms with Crippen molar-refractivity contribution in [1.82, 2.24) is 0 Å². The topological polar surface area (TPSA) is 78.9 Å². The van der Waals surface area contributed by atoms with Gasteiger partial charge in [-0.2, -0.15) is 0 Å². The molecule has 0 aromatic heterocycles. The number of carbonyl (C=O) groups excluding carboxylic acids is 3. The zero-order valence-corrected chi connectivity index (χ0v) is 50.6. The summed E-state index contributed by atoms with van der Waals surface area (Å²) in [6, 6.07) is 0. The van der Waals surface area contributed by atoms with Gasteiger partial charge in [-0.25, -0.2) is 0 Å².